The van der Waals surface area contributed by atoms with Crippen molar-refractivity contribution in [2.75, 3.05) is 13.7 Å². The van der Waals surface area contributed by atoms with Crippen molar-refractivity contribution in [2.45, 2.75) is 13.8 Å². The SMILES string of the molecule is CCOC(=O)c1c(C)oc(=O)c2c(=O)oc(-c3ccc(OC)cc3)cc12. The molecule has 0 radical (unpaired) electrons. The summed E-state index contributed by atoms with van der Waals surface area (Å²) in [7, 11) is 1.54. The summed E-state index contributed by atoms with van der Waals surface area (Å²) in [6.45, 7) is 3.27. The summed E-state index contributed by atoms with van der Waals surface area (Å²) < 4.78 is 20.4. The molecule has 0 fully saturated rings. The van der Waals surface area contributed by atoms with Crippen molar-refractivity contribution < 1.29 is 23.1 Å². The Morgan fingerprint density at radius 3 is 2.35 bits per heavy atom. The van der Waals surface area contributed by atoms with Gasteiger partial charge < -0.3 is 18.3 Å². The van der Waals surface area contributed by atoms with E-state index in [2.05, 4.69) is 0 Å². The Labute approximate surface area is 147 Å². The van der Waals surface area contributed by atoms with Gasteiger partial charge in [-0.25, -0.2) is 14.4 Å². The molecule has 2 aromatic heterocycles. The van der Waals surface area contributed by atoms with Crippen LogP contribution in [0.1, 0.15) is 23.0 Å². The molecule has 0 amide bonds. The Hall–Kier alpha value is -3.35. The Morgan fingerprint density at radius 2 is 1.73 bits per heavy atom. The lowest BCUT2D eigenvalue weighted by Crippen LogP contribution is -2.17. The van der Waals surface area contributed by atoms with Crippen LogP contribution >= 0.6 is 0 Å². The molecule has 26 heavy (non-hydrogen) atoms. The Morgan fingerprint density at radius 1 is 1.08 bits per heavy atom. The molecule has 0 saturated heterocycles. The minimum absolute atomic E-state index is 0.0316. The van der Waals surface area contributed by atoms with Crippen molar-refractivity contribution in [1.82, 2.24) is 0 Å². The predicted molar refractivity (Wildman–Crippen MR) is 93.7 cm³/mol. The maximum absolute atomic E-state index is 12.4. The maximum atomic E-state index is 12.4. The van der Waals surface area contributed by atoms with Crippen LogP contribution in [0.4, 0.5) is 0 Å². The van der Waals surface area contributed by atoms with E-state index < -0.39 is 17.2 Å². The fraction of sp³-hybridized carbons (Fsp3) is 0.211. The molecule has 0 aliphatic carbocycles. The van der Waals surface area contributed by atoms with Gasteiger partial charge >= 0.3 is 17.2 Å². The quantitative estimate of drug-likeness (QED) is 0.663. The highest BCUT2D eigenvalue weighted by molar-refractivity contribution is 6.05. The molecule has 0 saturated carbocycles. The largest absolute Gasteiger partial charge is 0.497 e. The van der Waals surface area contributed by atoms with Gasteiger partial charge in [-0.05, 0) is 44.2 Å². The average molecular weight is 356 g/mol. The lowest BCUT2D eigenvalue weighted by atomic mass is 10.0. The van der Waals surface area contributed by atoms with Gasteiger partial charge in [0.1, 0.15) is 22.8 Å². The monoisotopic (exact) mass is 356 g/mol. The molecular weight excluding hydrogens is 340 g/mol. The molecule has 7 heteroatoms. The van der Waals surface area contributed by atoms with Gasteiger partial charge in [-0.1, -0.05) is 0 Å². The van der Waals surface area contributed by atoms with Crippen molar-refractivity contribution >= 4 is 16.7 Å². The topological polar surface area (TPSA) is 96.0 Å². The fourth-order valence-corrected chi connectivity index (χ4v) is 2.67. The van der Waals surface area contributed by atoms with E-state index in [4.69, 9.17) is 18.3 Å². The van der Waals surface area contributed by atoms with E-state index in [-0.39, 0.29) is 34.5 Å². The van der Waals surface area contributed by atoms with Gasteiger partial charge in [0.25, 0.3) is 0 Å². The molecule has 2 heterocycles. The lowest BCUT2D eigenvalue weighted by Gasteiger charge is -2.09. The predicted octanol–water partition coefficient (Wildman–Crippen LogP) is 2.91. The molecule has 0 spiro atoms. The van der Waals surface area contributed by atoms with Gasteiger partial charge in [0, 0.05) is 10.9 Å². The third-order valence-corrected chi connectivity index (χ3v) is 3.88. The molecule has 0 bridgehead atoms. The number of carbonyl (C=O) groups is 1. The van der Waals surface area contributed by atoms with Crippen LogP contribution < -0.4 is 16.0 Å². The van der Waals surface area contributed by atoms with E-state index in [0.29, 0.717) is 11.3 Å². The van der Waals surface area contributed by atoms with Crippen molar-refractivity contribution in [1.29, 1.82) is 0 Å². The van der Waals surface area contributed by atoms with Gasteiger partial charge in [0.2, 0.25) is 0 Å². The number of ether oxygens (including phenoxy) is 2. The summed E-state index contributed by atoms with van der Waals surface area (Å²) in [5.41, 5.74) is -1.12. The number of carbonyl (C=O) groups excluding carboxylic acids is 1. The molecule has 134 valence electrons. The van der Waals surface area contributed by atoms with Gasteiger partial charge in [0.05, 0.1) is 13.7 Å². The normalized spacial score (nSPS) is 10.7. The molecule has 0 unspecified atom stereocenters. The molecule has 0 aliphatic rings. The molecule has 7 nitrogen and oxygen atoms in total. The minimum atomic E-state index is -0.882. The van der Waals surface area contributed by atoms with Crippen LogP contribution in [-0.2, 0) is 4.74 Å². The Balaban J connectivity index is 2.31. The molecule has 3 aromatic rings. The molecule has 0 aliphatic heterocycles. The van der Waals surface area contributed by atoms with Gasteiger partial charge in [-0.15, -0.1) is 0 Å². The second kappa shape index (κ2) is 6.87. The number of aryl methyl sites for hydroxylation is 1. The number of fused-ring (bicyclic) bond motifs is 1. The van der Waals surface area contributed by atoms with E-state index in [9.17, 15) is 14.4 Å². The van der Waals surface area contributed by atoms with Crippen LogP contribution in [0.5, 0.6) is 5.75 Å². The average Bonchev–Trinajstić information content (AvgIpc) is 2.61. The van der Waals surface area contributed by atoms with Crippen LogP contribution in [0, 0.1) is 6.92 Å². The maximum Gasteiger partial charge on any atom is 0.351 e. The Bertz CT molecular complexity index is 1090. The smallest absolute Gasteiger partial charge is 0.351 e. The number of hydrogen-bond acceptors (Lipinski definition) is 7. The van der Waals surface area contributed by atoms with Crippen molar-refractivity contribution in [2.24, 2.45) is 0 Å². The highest BCUT2D eigenvalue weighted by atomic mass is 16.5. The second-order valence-corrected chi connectivity index (χ2v) is 5.46. The second-order valence-electron chi connectivity index (χ2n) is 5.46. The summed E-state index contributed by atoms with van der Waals surface area (Å²) in [4.78, 5) is 36.7. The van der Waals surface area contributed by atoms with E-state index in [0.717, 1.165) is 0 Å². The zero-order chi connectivity index (χ0) is 18.8. The number of esters is 1. The van der Waals surface area contributed by atoms with Gasteiger partial charge in [0.15, 0.2) is 5.39 Å². The van der Waals surface area contributed by atoms with Crippen molar-refractivity contribution in [3.63, 3.8) is 0 Å². The van der Waals surface area contributed by atoms with Crippen LogP contribution in [0.25, 0.3) is 22.1 Å². The first-order valence-electron chi connectivity index (χ1n) is 7.89. The number of rotatable bonds is 4. The van der Waals surface area contributed by atoms with E-state index >= 15 is 0 Å². The molecule has 1 aromatic carbocycles. The zero-order valence-corrected chi connectivity index (χ0v) is 14.5. The number of methoxy groups -OCH3 is 1. The van der Waals surface area contributed by atoms with Crippen LogP contribution in [0.3, 0.4) is 0 Å². The van der Waals surface area contributed by atoms with Crippen LogP contribution in [-0.4, -0.2) is 19.7 Å². The first-order chi connectivity index (χ1) is 12.5. The van der Waals surface area contributed by atoms with E-state index in [1.54, 1.807) is 38.3 Å². The Kier molecular flexibility index (Phi) is 4.62. The molecular formula is C19H16O7. The van der Waals surface area contributed by atoms with Crippen molar-refractivity contribution in [3.05, 3.63) is 62.5 Å². The fourth-order valence-electron chi connectivity index (χ4n) is 2.67. The first-order valence-corrected chi connectivity index (χ1v) is 7.89. The van der Waals surface area contributed by atoms with E-state index in [1.807, 2.05) is 0 Å². The van der Waals surface area contributed by atoms with Crippen LogP contribution in [0.15, 0.2) is 48.8 Å². The standard InChI is InChI=1S/C19H16O7/c1-4-24-17(20)15-10(2)25-18(21)16-13(15)9-14(26-19(16)22)11-5-7-12(23-3)8-6-11/h5-9H,4H2,1-3H3. The van der Waals surface area contributed by atoms with Gasteiger partial charge in [-0.2, -0.15) is 0 Å². The summed E-state index contributed by atoms with van der Waals surface area (Å²) >= 11 is 0. The zero-order valence-electron chi connectivity index (χ0n) is 14.5. The number of benzene rings is 1. The lowest BCUT2D eigenvalue weighted by molar-refractivity contribution is 0.0524. The van der Waals surface area contributed by atoms with Crippen LogP contribution in [0.2, 0.25) is 0 Å². The highest BCUT2D eigenvalue weighted by Crippen LogP contribution is 2.26. The highest BCUT2D eigenvalue weighted by Gasteiger charge is 2.22. The molecule has 0 N–H and O–H groups in total. The first kappa shape index (κ1) is 17.5. The third-order valence-electron chi connectivity index (χ3n) is 3.88. The number of hydrogen-bond donors (Lipinski definition) is 0. The van der Waals surface area contributed by atoms with Crippen molar-refractivity contribution in [3.8, 4) is 17.1 Å². The summed E-state index contributed by atoms with van der Waals surface area (Å²) in [5, 5.41) is -0.185. The van der Waals surface area contributed by atoms with Gasteiger partial charge in [-0.3, -0.25) is 0 Å². The minimum Gasteiger partial charge on any atom is -0.497 e. The summed E-state index contributed by atoms with van der Waals surface area (Å²) in [5.74, 6) is 0.249. The molecule has 0 atom stereocenters. The molecule has 3 rings (SSSR count). The summed E-state index contributed by atoms with van der Waals surface area (Å²) in [6, 6.07) is 8.28. The summed E-state index contributed by atoms with van der Waals surface area (Å²) in [6.07, 6.45) is 0. The third kappa shape index (κ3) is 2.99. The van der Waals surface area contributed by atoms with E-state index in [1.165, 1.54) is 13.0 Å².